The van der Waals surface area contributed by atoms with Crippen LogP contribution in [0.5, 0.6) is 0 Å². The summed E-state index contributed by atoms with van der Waals surface area (Å²) in [5.74, 6) is 0. The molecule has 0 saturated carbocycles. The zero-order valence-corrected chi connectivity index (χ0v) is 9.27. The molecule has 2 aromatic heterocycles. The molecule has 0 unspecified atom stereocenters. The number of hydrogen-bond acceptors (Lipinski definition) is 6. The number of rotatable bonds is 5. The fraction of sp³-hybridized carbons (Fsp3) is 0.500. The first-order valence-electron chi connectivity index (χ1n) is 4.78. The maximum Gasteiger partial charge on any atom is 0.166 e. The van der Waals surface area contributed by atoms with Crippen LogP contribution in [0.2, 0.25) is 0 Å². The van der Waals surface area contributed by atoms with Crippen molar-refractivity contribution < 1.29 is 9.84 Å². The predicted octanol–water partition coefficient (Wildman–Crippen LogP) is -0.107. The Morgan fingerprint density at radius 1 is 1.50 bits per heavy atom. The number of fused-ring (bicyclic) bond motifs is 1. The second kappa shape index (κ2) is 5.10. The molecule has 2 rings (SSSR count). The molecule has 0 aliphatic heterocycles. The van der Waals surface area contributed by atoms with Crippen molar-refractivity contribution in [3.05, 3.63) is 11.0 Å². The van der Waals surface area contributed by atoms with E-state index in [1.54, 1.807) is 4.68 Å². The summed E-state index contributed by atoms with van der Waals surface area (Å²) in [5.41, 5.74) is 1.31. The van der Waals surface area contributed by atoms with Crippen LogP contribution in [0.3, 0.4) is 0 Å². The third kappa shape index (κ3) is 2.23. The zero-order chi connectivity index (χ0) is 11.4. The number of aromatic amines is 1. The van der Waals surface area contributed by atoms with Gasteiger partial charge < -0.3 is 14.8 Å². The Hall–Kier alpha value is -1.38. The lowest BCUT2D eigenvalue weighted by molar-refractivity contribution is 0.0856. The van der Waals surface area contributed by atoms with Crippen molar-refractivity contribution in [1.82, 2.24) is 25.0 Å². The van der Waals surface area contributed by atoms with Crippen LogP contribution in [0.4, 0.5) is 0 Å². The van der Waals surface area contributed by atoms with Crippen LogP contribution in [0.25, 0.3) is 11.2 Å². The van der Waals surface area contributed by atoms with Crippen molar-refractivity contribution in [2.75, 3.05) is 19.8 Å². The van der Waals surface area contributed by atoms with Gasteiger partial charge in [-0.1, -0.05) is 17.4 Å². The summed E-state index contributed by atoms with van der Waals surface area (Å²) in [6, 6.07) is 0. The van der Waals surface area contributed by atoms with Gasteiger partial charge in [0.2, 0.25) is 0 Å². The van der Waals surface area contributed by atoms with E-state index in [1.165, 1.54) is 6.33 Å². The minimum Gasteiger partial charge on any atom is -0.394 e. The second-order valence-electron chi connectivity index (χ2n) is 3.05. The third-order valence-electron chi connectivity index (χ3n) is 2.00. The molecule has 0 spiro atoms. The van der Waals surface area contributed by atoms with Crippen LogP contribution in [0.1, 0.15) is 0 Å². The first-order valence-corrected chi connectivity index (χ1v) is 5.19. The van der Waals surface area contributed by atoms with Crippen LogP contribution >= 0.6 is 12.2 Å². The molecular formula is C8H11N5O2S. The van der Waals surface area contributed by atoms with Crippen molar-refractivity contribution in [3.63, 3.8) is 0 Å². The molecule has 2 heterocycles. The second-order valence-corrected chi connectivity index (χ2v) is 3.44. The molecule has 7 nitrogen and oxygen atoms in total. The van der Waals surface area contributed by atoms with Crippen LogP contribution in [0, 0.1) is 4.64 Å². The highest BCUT2D eigenvalue weighted by Gasteiger charge is 2.05. The minimum absolute atomic E-state index is 0.0183. The summed E-state index contributed by atoms with van der Waals surface area (Å²) in [4.78, 5) is 6.85. The van der Waals surface area contributed by atoms with Gasteiger partial charge in [0, 0.05) is 0 Å². The number of nitrogens with one attached hydrogen (secondary N) is 1. The summed E-state index contributed by atoms with van der Waals surface area (Å²) >= 11 is 5.01. The van der Waals surface area contributed by atoms with Gasteiger partial charge in [-0.3, -0.25) is 0 Å². The first-order chi connectivity index (χ1) is 7.83. The molecule has 86 valence electrons. The van der Waals surface area contributed by atoms with Crippen LogP contribution in [-0.4, -0.2) is 49.9 Å². The zero-order valence-electron chi connectivity index (χ0n) is 8.46. The Balaban J connectivity index is 2.13. The molecular weight excluding hydrogens is 230 g/mol. The Bertz CT molecular complexity index is 522. The maximum absolute atomic E-state index is 8.54. The maximum atomic E-state index is 8.54. The highest BCUT2D eigenvalue weighted by molar-refractivity contribution is 7.71. The largest absolute Gasteiger partial charge is 0.394 e. The molecule has 0 radical (unpaired) electrons. The SMILES string of the molecule is OCCOCCn1nnc2c(=S)nc[nH]c21. The summed E-state index contributed by atoms with van der Waals surface area (Å²) in [6.45, 7) is 1.35. The molecule has 2 N–H and O–H groups in total. The Kier molecular flexibility index (Phi) is 3.54. The van der Waals surface area contributed by atoms with E-state index in [1.807, 2.05) is 0 Å². The van der Waals surface area contributed by atoms with Crippen molar-refractivity contribution in [3.8, 4) is 0 Å². The highest BCUT2D eigenvalue weighted by Crippen LogP contribution is 2.06. The van der Waals surface area contributed by atoms with Gasteiger partial charge in [-0.25, -0.2) is 9.67 Å². The van der Waals surface area contributed by atoms with E-state index in [9.17, 15) is 0 Å². The van der Waals surface area contributed by atoms with E-state index in [4.69, 9.17) is 22.1 Å². The number of nitrogens with zero attached hydrogens (tertiary/aromatic N) is 4. The van der Waals surface area contributed by atoms with Gasteiger partial charge in [0.1, 0.15) is 0 Å². The quantitative estimate of drug-likeness (QED) is 0.561. The normalized spacial score (nSPS) is 11.1. The van der Waals surface area contributed by atoms with E-state index >= 15 is 0 Å². The van der Waals surface area contributed by atoms with Crippen molar-refractivity contribution >= 4 is 23.4 Å². The minimum atomic E-state index is 0.0183. The standard InChI is InChI=1S/C8H11N5O2S/c14-2-4-15-3-1-13-7-6(11-12-13)8(16)10-5-9-7/h5,14H,1-4H2,(H,9,10,16). The van der Waals surface area contributed by atoms with Gasteiger partial charge in [-0.15, -0.1) is 5.10 Å². The molecule has 0 fully saturated rings. The first kappa shape index (κ1) is 11.1. The molecule has 2 aromatic rings. The Labute approximate surface area is 96.1 Å². The summed E-state index contributed by atoms with van der Waals surface area (Å²) in [6.07, 6.45) is 1.51. The lowest BCUT2D eigenvalue weighted by atomic mass is 10.5. The Morgan fingerprint density at radius 2 is 2.38 bits per heavy atom. The topological polar surface area (TPSA) is 88.8 Å². The van der Waals surface area contributed by atoms with Gasteiger partial charge in [0.25, 0.3) is 0 Å². The number of ether oxygens (including phenoxy) is 1. The van der Waals surface area contributed by atoms with E-state index < -0.39 is 0 Å². The molecule has 0 bridgehead atoms. The molecule has 0 aromatic carbocycles. The van der Waals surface area contributed by atoms with Crippen LogP contribution in [-0.2, 0) is 11.3 Å². The average molecular weight is 241 g/mol. The fourth-order valence-corrected chi connectivity index (χ4v) is 1.48. The molecule has 0 aliphatic rings. The van der Waals surface area contributed by atoms with Gasteiger partial charge in [0.05, 0.1) is 32.7 Å². The highest BCUT2D eigenvalue weighted by atomic mass is 32.1. The van der Waals surface area contributed by atoms with E-state index in [0.29, 0.717) is 29.9 Å². The van der Waals surface area contributed by atoms with Crippen molar-refractivity contribution in [2.45, 2.75) is 6.54 Å². The van der Waals surface area contributed by atoms with Crippen molar-refractivity contribution in [2.24, 2.45) is 0 Å². The molecule has 0 amide bonds. The summed E-state index contributed by atoms with van der Waals surface area (Å²) in [5, 5.41) is 16.4. The average Bonchev–Trinajstić information content (AvgIpc) is 2.70. The van der Waals surface area contributed by atoms with Gasteiger partial charge >= 0.3 is 0 Å². The van der Waals surface area contributed by atoms with E-state index in [-0.39, 0.29) is 6.61 Å². The van der Waals surface area contributed by atoms with Crippen molar-refractivity contribution in [1.29, 1.82) is 0 Å². The van der Waals surface area contributed by atoms with Gasteiger partial charge in [-0.05, 0) is 0 Å². The lowest BCUT2D eigenvalue weighted by Crippen LogP contribution is -2.10. The van der Waals surface area contributed by atoms with Crippen LogP contribution < -0.4 is 0 Å². The summed E-state index contributed by atoms with van der Waals surface area (Å²) in [7, 11) is 0. The smallest absolute Gasteiger partial charge is 0.166 e. The fourth-order valence-electron chi connectivity index (χ4n) is 1.29. The van der Waals surface area contributed by atoms with Crippen LogP contribution in [0.15, 0.2) is 6.33 Å². The number of aliphatic hydroxyl groups is 1. The number of aliphatic hydroxyl groups excluding tert-OH is 1. The van der Waals surface area contributed by atoms with Gasteiger partial charge in [-0.2, -0.15) is 0 Å². The number of H-pyrrole nitrogens is 1. The molecule has 0 atom stereocenters. The third-order valence-corrected chi connectivity index (χ3v) is 2.30. The number of aromatic nitrogens is 5. The Morgan fingerprint density at radius 3 is 3.19 bits per heavy atom. The van der Waals surface area contributed by atoms with E-state index in [2.05, 4.69) is 20.3 Å². The summed E-state index contributed by atoms with van der Waals surface area (Å²) < 4.78 is 7.23. The molecule has 0 saturated heterocycles. The molecule has 0 aliphatic carbocycles. The lowest BCUT2D eigenvalue weighted by Gasteiger charge is -2.02. The number of hydrogen-bond donors (Lipinski definition) is 2. The molecule has 16 heavy (non-hydrogen) atoms. The molecule has 8 heteroatoms. The monoisotopic (exact) mass is 241 g/mol. The predicted molar refractivity (Wildman–Crippen MR) is 58.4 cm³/mol. The van der Waals surface area contributed by atoms with E-state index in [0.717, 1.165) is 5.65 Å². The van der Waals surface area contributed by atoms with Gasteiger partial charge in [0.15, 0.2) is 15.8 Å².